The van der Waals surface area contributed by atoms with Crippen molar-refractivity contribution in [3.63, 3.8) is 0 Å². The number of carbonyl (C=O) groups is 1. The third-order valence-corrected chi connectivity index (χ3v) is 3.47. The van der Waals surface area contributed by atoms with Crippen LogP contribution >= 0.6 is 0 Å². The minimum Gasteiger partial charge on any atom is -0.368 e. The Morgan fingerprint density at radius 1 is 1.33 bits per heavy atom. The molecular weight excluding hydrogens is 304 g/mol. The fourth-order valence-electron chi connectivity index (χ4n) is 2.25. The Morgan fingerprint density at radius 2 is 2.08 bits per heavy atom. The molecule has 0 unspecified atom stereocenters. The van der Waals surface area contributed by atoms with Crippen molar-refractivity contribution >= 4 is 29.0 Å². The molecule has 0 spiro atoms. The number of aromatic amines is 1. The quantitative estimate of drug-likeness (QED) is 0.667. The van der Waals surface area contributed by atoms with Gasteiger partial charge in [0.2, 0.25) is 5.95 Å². The summed E-state index contributed by atoms with van der Waals surface area (Å²) in [5.74, 6) is 0.348. The number of fused-ring (bicyclic) bond motifs is 1. The lowest BCUT2D eigenvalue weighted by atomic mass is 10.2. The SMILES string of the molecule is C[C@@H](C/C=C/c1cnc(N)nc1)NC(=O)c1nc2ccccc2[nH]1. The first kappa shape index (κ1) is 15.7. The fourth-order valence-corrected chi connectivity index (χ4v) is 2.25. The monoisotopic (exact) mass is 322 g/mol. The van der Waals surface area contributed by atoms with Gasteiger partial charge in [-0.1, -0.05) is 24.3 Å². The molecule has 2 aromatic heterocycles. The summed E-state index contributed by atoms with van der Waals surface area (Å²) < 4.78 is 0. The van der Waals surface area contributed by atoms with Gasteiger partial charge in [0.05, 0.1) is 11.0 Å². The van der Waals surface area contributed by atoms with Crippen LogP contribution in [0, 0.1) is 0 Å². The third kappa shape index (κ3) is 3.75. The predicted octanol–water partition coefficient (Wildman–Crippen LogP) is 2.16. The van der Waals surface area contributed by atoms with Crippen LogP contribution in [0.4, 0.5) is 5.95 Å². The van der Waals surface area contributed by atoms with Crippen LogP contribution in [0.15, 0.2) is 42.7 Å². The lowest BCUT2D eigenvalue weighted by molar-refractivity contribution is 0.0931. The molecule has 0 saturated heterocycles. The summed E-state index contributed by atoms with van der Waals surface area (Å²) in [6.07, 6.45) is 7.82. The molecule has 0 saturated carbocycles. The van der Waals surface area contributed by atoms with Gasteiger partial charge in [0, 0.05) is 24.0 Å². The number of aromatic nitrogens is 4. The number of benzene rings is 1. The van der Waals surface area contributed by atoms with E-state index in [2.05, 4.69) is 25.3 Å². The highest BCUT2D eigenvalue weighted by atomic mass is 16.2. The zero-order valence-corrected chi connectivity index (χ0v) is 13.2. The van der Waals surface area contributed by atoms with E-state index < -0.39 is 0 Å². The molecule has 0 aliphatic rings. The average molecular weight is 322 g/mol. The van der Waals surface area contributed by atoms with E-state index in [9.17, 15) is 4.79 Å². The highest BCUT2D eigenvalue weighted by Gasteiger charge is 2.13. The van der Waals surface area contributed by atoms with E-state index in [-0.39, 0.29) is 17.9 Å². The van der Waals surface area contributed by atoms with Gasteiger partial charge >= 0.3 is 0 Å². The Labute approximate surface area is 139 Å². The smallest absolute Gasteiger partial charge is 0.287 e. The molecule has 122 valence electrons. The summed E-state index contributed by atoms with van der Waals surface area (Å²) in [6.45, 7) is 1.93. The second-order valence-electron chi connectivity index (χ2n) is 5.49. The molecule has 1 atom stereocenters. The number of hydrogen-bond acceptors (Lipinski definition) is 5. The maximum Gasteiger partial charge on any atom is 0.287 e. The highest BCUT2D eigenvalue weighted by Crippen LogP contribution is 2.10. The van der Waals surface area contributed by atoms with Gasteiger partial charge < -0.3 is 16.0 Å². The van der Waals surface area contributed by atoms with Crippen molar-refractivity contribution in [2.75, 3.05) is 5.73 Å². The maximum atomic E-state index is 12.2. The van der Waals surface area contributed by atoms with Crippen molar-refractivity contribution in [1.29, 1.82) is 0 Å². The normalized spacial score (nSPS) is 12.5. The molecule has 0 radical (unpaired) electrons. The topological polar surface area (TPSA) is 110 Å². The van der Waals surface area contributed by atoms with E-state index in [1.807, 2.05) is 43.3 Å². The van der Waals surface area contributed by atoms with E-state index in [0.29, 0.717) is 12.2 Å². The van der Waals surface area contributed by atoms with Crippen molar-refractivity contribution in [2.24, 2.45) is 0 Å². The van der Waals surface area contributed by atoms with Gasteiger partial charge in [0.1, 0.15) is 0 Å². The van der Waals surface area contributed by atoms with Gasteiger partial charge in [0.15, 0.2) is 5.82 Å². The maximum absolute atomic E-state index is 12.2. The van der Waals surface area contributed by atoms with E-state index in [1.165, 1.54) is 0 Å². The Kier molecular flexibility index (Phi) is 4.51. The first-order valence-electron chi connectivity index (χ1n) is 7.61. The van der Waals surface area contributed by atoms with Crippen LogP contribution in [-0.4, -0.2) is 31.9 Å². The molecule has 24 heavy (non-hydrogen) atoms. The Hall–Kier alpha value is -3.22. The molecule has 3 rings (SSSR count). The van der Waals surface area contributed by atoms with Crippen molar-refractivity contribution in [3.05, 3.63) is 54.1 Å². The number of anilines is 1. The number of amides is 1. The van der Waals surface area contributed by atoms with Crippen LogP contribution in [0.5, 0.6) is 0 Å². The number of nitrogen functional groups attached to an aromatic ring is 1. The van der Waals surface area contributed by atoms with Gasteiger partial charge in [0.25, 0.3) is 5.91 Å². The summed E-state index contributed by atoms with van der Waals surface area (Å²) in [6, 6.07) is 7.51. The lowest BCUT2D eigenvalue weighted by Crippen LogP contribution is -2.32. The lowest BCUT2D eigenvalue weighted by Gasteiger charge is -2.10. The molecule has 0 aliphatic carbocycles. The zero-order valence-electron chi connectivity index (χ0n) is 13.2. The summed E-state index contributed by atoms with van der Waals surface area (Å²) >= 11 is 0. The van der Waals surface area contributed by atoms with Gasteiger partial charge in [-0.05, 0) is 25.5 Å². The number of carbonyl (C=O) groups excluding carboxylic acids is 1. The van der Waals surface area contributed by atoms with Crippen molar-refractivity contribution < 1.29 is 4.79 Å². The molecule has 7 nitrogen and oxygen atoms in total. The molecule has 3 aromatic rings. The summed E-state index contributed by atoms with van der Waals surface area (Å²) in [7, 11) is 0. The van der Waals surface area contributed by atoms with Crippen LogP contribution in [0.25, 0.3) is 17.1 Å². The first-order valence-corrected chi connectivity index (χ1v) is 7.61. The van der Waals surface area contributed by atoms with Gasteiger partial charge in [-0.25, -0.2) is 15.0 Å². The number of nitrogens with one attached hydrogen (secondary N) is 2. The summed E-state index contributed by atoms with van der Waals surface area (Å²) in [5, 5.41) is 2.92. The fraction of sp³-hybridized carbons (Fsp3) is 0.176. The minimum atomic E-state index is -0.220. The van der Waals surface area contributed by atoms with Crippen LogP contribution in [0.3, 0.4) is 0 Å². The Morgan fingerprint density at radius 3 is 2.83 bits per heavy atom. The minimum absolute atomic E-state index is 0.0309. The molecule has 2 heterocycles. The van der Waals surface area contributed by atoms with Crippen molar-refractivity contribution in [3.8, 4) is 0 Å². The second-order valence-corrected chi connectivity index (χ2v) is 5.49. The van der Waals surface area contributed by atoms with E-state index in [0.717, 1.165) is 16.6 Å². The van der Waals surface area contributed by atoms with Crippen molar-refractivity contribution in [2.45, 2.75) is 19.4 Å². The van der Waals surface area contributed by atoms with Gasteiger partial charge in [-0.3, -0.25) is 4.79 Å². The zero-order chi connectivity index (χ0) is 16.9. The number of nitrogens with zero attached hydrogens (tertiary/aromatic N) is 3. The van der Waals surface area contributed by atoms with E-state index in [4.69, 9.17) is 5.73 Å². The molecular formula is C17H18N6O. The number of nitrogens with two attached hydrogens (primary N) is 1. The molecule has 1 aromatic carbocycles. The number of H-pyrrole nitrogens is 1. The Balaban J connectivity index is 1.56. The van der Waals surface area contributed by atoms with Gasteiger partial charge in [-0.2, -0.15) is 0 Å². The number of hydrogen-bond donors (Lipinski definition) is 3. The van der Waals surface area contributed by atoms with Crippen LogP contribution in [0.1, 0.15) is 29.5 Å². The van der Waals surface area contributed by atoms with Crippen LogP contribution in [0.2, 0.25) is 0 Å². The average Bonchev–Trinajstić information content (AvgIpc) is 3.01. The van der Waals surface area contributed by atoms with Crippen LogP contribution < -0.4 is 11.1 Å². The van der Waals surface area contributed by atoms with Crippen molar-refractivity contribution in [1.82, 2.24) is 25.3 Å². The second kappa shape index (κ2) is 6.91. The van der Waals surface area contributed by atoms with Crippen LogP contribution in [-0.2, 0) is 0 Å². The highest BCUT2D eigenvalue weighted by molar-refractivity contribution is 5.94. The summed E-state index contributed by atoms with van der Waals surface area (Å²) in [5.41, 5.74) is 7.92. The number of para-hydroxylation sites is 2. The number of imidazole rings is 1. The molecule has 0 fully saturated rings. The van der Waals surface area contributed by atoms with Gasteiger partial charge in [-0.15, -0.1) is 0 Å². The Bertz CT molecular complexity index is 835. The predicted molar refractivity (Wildman–Crippen MR) is 93.1 cm³/mol. The van der Waals surface area contributed by atoms with E-state index in [1.54, 1.807) is 12.4 Å². The van der Waals surface area contributed by atoms with E-state index >= 15 is 0 Å². The molecule has 7 heteroatoms. The largest absolute Gasteiger partial charge is 0.368 e. The third-order valence-electron chi connectivity index (χ3n) is 3.47. The molecule has 0 aliphatic heterocycles. The number of rotatable bonds is 5. The summed E-state index contributed by atoms with van der Waals surface area (Å²) in [4.78, 5) is 27.4. The standard InChI is InChI=1S/C17H18N6O/c1-11(5-4-6-12-9-19-17(18)20-10-12)21-16(24)15-22-13-7-2-3-8-14(13)23-15/h2-4,6-11H,5H2,1H3,(H,21,24)(H,22,23)(H2,18,19,20)/b6-4+/t11-/m0/s1. The first-order chi connectivity index (χ1) is 11.6. The molecule has 1 amide bonds. The molecule has 4 N–H and O–H groups in total. The molecule has 0 bridgehead atoms.